The maximum Gasteiger partial charge on any atom is 0.0282 e. The van der Waals surface area contributed by atoms with E-state index in [-0.39, 0.29) is 0 Å². The Morgan fingerprint density at radius 3 is 2.31 bits per heavy atom. The topological polar surface area (TPSA) is 0 Å². The van der Waals surface area contributed by atoms with Crippen LogP contribution in [-0.4, -0.2) is 5.88 Å². The first-order valence-corrected chi connectivity index (χ1v) is 6.91. The van der Waals surface area contributed by atoms with Gasteiger partial charge < -0.3 is 0 Å². The SMILES string of the molecule is CCC(CC)(CCl)C1CC1c1ccccc1. The lowest BCUT2D eigenvalue weighted by atomic mass is 9.78. The van der Waals surface area contributed by atoms with Crippen LogP contribution in [0.4, 0.5) is 0 Å². The van der Waals surface area contributed by atoms with E-state index in [9.17, 15) is 0 Å². The fourth-order valence-corrected chi connectivity index (χ4v) is 3.58. The average Bonchev–Trinajstić information content (AvgIpc) is 3.14. The zero-order valence-electron chi connectivity index (χ0n) is 10.2. The second-order valence-corrected chi connectivity index (χ2v) is 5.33. The Hall–Kier alpha value is -0.490. The van der Waals surface area contributed by atoms with Gasteiger partial charge in [-0.1, -0.05) is 44.2 Å². The van der Waals surface area contributed by atoms with Gasteiger partial charge in [0.15, 0.2) is 0 Å². The van der Waals surface area contributed by atoms with Crippen LogP contribution >= 0.6 is 11.6 Å². The zero-order valence-corrected chi connectivity index (χ0v) is 11.0. The molecule has 1 saturated carbocycles. The van der Waals surface area contributed by atoms with Crippen molar-refractivity contribution in [1.29, 1.82) is 0 Å². The minimum absolute atomic E-state index is 0.377. The van der Waals surface area contributed by atoms with Gasteiger partial charge in [0.1, 0.15) is 0 Å². The highest BCUT2D eigenvalue weighted by Gasteiger charge is 2.50. The minimum Gasteiger partial charge on any atom is -0.126 e. The summed E-state index contributed by atoms with van der Waals surface area (Å²) in [7, 11) is 0. The van der Waals surface area contributed by atoms with Crippen LogP contribution in [0.3, 0.4) is 0 Å². The van der Waals surface area contributed by atoms with Crippen LogP contribution in [0.5, 0.6) is 0 Å². The molecule has 1 aromatic rings. The van der Waals surface area contributed by atoms with Gasteiger partial charge in [-0.3, -0.25) is 0 Å². The second-order valence-electron chi connectivity index (χ2n) is 5.06. The van der Waals surface area contributed by atoms with E-state index in [0.717, 1.165) is 17.7 Å². The van der Waals surface area contributed by atoms with Gasteiger partial charge >= 0.3 is 0 Å². The van der Waals surface area contributed by atoms with Crippen molar-refractivity contribution in [3.05, 3.63) is 35.9 Å². The third-order valence-electron chi connectivity index (χ3n) is 4.48. The van der Waals surface area contributed by atoms with Crippen LogP contribution < -0.4 is 0 Å². The molecule has 16 heavy (non-hydrogen) atoms. The quantitative estimate of drug-likeness (QED) is 0.642. The first kappa shape index (κ1) is 12.0. The summed E-state index contributed by atoms with van der Waals surface area (Å²) in [6.45, 7) is 4.57. The molecule has 0 nitrogen and oxygen atoms in total. The van der Waals surface area contributed by atoms with E-state index in [2.05, 4.69) is 44.2 Å². The maximum atomic E-state index is 6.21. The summed E-state index contributed by atoms with van der Waals surface area (Å²) in [5.41, 5.74) is 1.88. The predicted octanol–water partition coefficient (Wildman–Crippen LogP) is 4.84. The van der Waals surface area contributed by atoms with Gasteiger partial charge in [-0.2, -0.15) is 0 Å². The Balaban J connectivity index is 2.11. The highest BCUT2D eigenvalue weighted by Crippen LogP contribution is 2.59. The van der Waals surface area contributed by atoms with E-state index < -0.39 is 0 Å². The fraction of sp³-hybridized carbons (Fsp3) is 0.600. The van der Waals surface area contributed by atoms with Crippen LogP contribution in [0.15, 0.2) is 30.3 Å². The molecule has 1 fully saturated rings. The molecule has 1 heteroatoms. The van der Waals surface area contributed by atoms with E-state index in [0.29, 0.717) is 5.41 Å². The van der Waals surface area contributed by atoms with Crippen molar-refractivity contribution >= 4 is 11.6 Å². The third-order valence-corrected chi connectivity index (χ3v) is 5.01. The molecular formula is C15H21Cl. The molecule has 0 N–H and O–H groups in total. The van der Waals surface area contributed by atoms with Crippen molar-refractivity contribution in [1.82, 2.24) is 0 Å². The first-order valence-electron chi connectivity index (χ1n) is 6.38. The van der Waals surface area contributed by atoms with Gasteiger partial charge in [-0.05, 0) is 42.1 Å². The lowest BCUT2D eigenvalue weighted by Crippen LogP contribution is -2.24. The smallest absolute Gasteiger partial charge is 0.0282 e. The molecule has 2 atom stereocenters. The fourth-order valence-electron chi connectivity index (χ4n) is 3.00. The Morgan fingerprint density at radius 2 is 1.81 bits per heavy atom. The molecule has 88 valence electrons. The molecule has 0 radical (unpaired) electrons. The molecule has 1 aliphatic carbocycles. The summed E-state index contributed by atoms with van der Waals surface area (Å²) in [4.78, 5) is 0. The van der Waals surface area contributed by atoms with Gasteiger partial charge in [-0.15, -0.1) is 11.6 Å². The third kappa shape index (κ3) is 2.00. The van der Waals surface area contributed by atoms with Crippen molar-refractivity contribution in [2.24, 2.45) is 11.3 Å². The van der Waals surface area contributed by atoms with Crippen LogP contribution in [0, 0.1) is 11.3 Å². The molecule has 0 bridgehead atoms. The summed E-state index contributed by atoms with van der Waals surface area (Å²) < 4.78 is 0. The van der Waals surface area contributed by atoms with Crippen LogP contribution in [0.1, 0.15) is 44.6 Å². The first-order chi connectivity index (χ1) is 7.77. The summed E-state index contributed by atoms with van der Waals surface area (Å²) in [6.07, 6.45) is 3.75. The molecule has 2 rings (SSSR count). The monoisotopic (exact) mass is 236 g/mol. The molecule has 0 saturated heterocycles. The van der Waals surface area contributed by atoms with E-state index in [1.807, 2.05) is 0 Å². The van der Waals surface area contributed by atoms with Crippen LogP contribution in [-0.2, 0) is 0 Å². The van der Waals surface area contributed by atoms with E-state index in [1.165, 1.54) is 24.8 Å². The van der Waals surface area contributed by atoms with Crippen molar-refractivity contribution in [2.45, 2.75) is 39.0 Å². The summed E-state index contributed by atoms with van der Waals surface area (Å²) in [5.74, 6) is 2.39. The lowest BCUT2D eigenvalue weighted by Gasteiger charge is -2.30. The van der Waals surface area contributed by atoms with Crippen molar-refractivity contribution in [2.75, 3.05) is 5.88 Å². The average molecular weight is 237 g/mol. The normalized spacial score (nSPS) is 24.4. The molecular weight excluding hydrogens is 216 g/mol. The Labute approximate surface area is 104 Å². The van der Waals surface area contributed by atoms with Gasteiger partial charge in [0.25, 0.3) is 0 Å². The van der Waals surface area contributed by atoms with Gasteiger partial charge in [0, 0.05) is 5.88 Å². The number of rotatable bonds is 5. The Bertz CT molecular complexity index is 318. The van der Waals surface area contributed by atoms with Gasteiger partial charge in [0.05, 0.1) is 0 Å². The zero-order chi connectivity index (χ0) is 11.6. The molecule has 2 unspecified atom stereocenters. The minimum atomic E-state index is 0.377. The van der Waals surface area contributed by atoms with Crippen molar-refractivity contribution in [3.8, 4) is 0 Å². The number of hydrogen-bond donors (Lipinski definition) is 0. The molecule has 0 aromatic heterocycles. The summed E-state index contributed by atoms with van der Waals surface area (Å²) >= 11 is 6.21. The van der Waals surface area contributed by atoms with Crippen LogP contribution in [0.2, 0.25) is 0 Å². The molecule has 1 aromatic carbocycles. The van der Waals surface area contributed by atoms with E-state index >= 15 is 0 Å². The number of hydrogen-bond acceptors (Lipinski definition) is 0. The number of halogens is 1. The second kappa shape index (κ2) is 4.79. The maximum absolute atomic E-state index is 6.21. The highest BCUT2D eigenvalue weighted by molar-refractivity contribution is 6.18. The number of benzene rings is 1. The Kier molecular flexibility index (Phi) is 3.59. The predicted molar refractivity (Wildman–Crippen MR) is 71.0 cm³/mol. The largest absolute Gasteiger partial charge is 0.126 e. The summed E-state index contributed by atoms with van der Waals surface area (Å²) in [5, 5.41) is 0. The molecule has 0 amide bonds. The van der Waals surface area contributed by atoms with Crippen molar-refractivity contribution in [3.63, 3.8) is 0 Å². The van der Waals surface area contributed by atoms with Crippen molar-refractivity contribution < 1.29 is 0 Å². The molecule has 0 heterocycles. The highest BCUT2D eigenvalue weighted by atomic mass is 35.5. The van der Waals surface area contributed by atoms with Gasteiger partial charge in [-0.25, -0.2) is 0 Å². The molecule has 0 spiro atoms. The number of alkyl halides is 1. The lowest BCUT2D eigenvalue weighted by molar-refractivity contribution is 0.250. The van der Waals surface area contributed by atoms with E-state index in [1.54, 1.807) is 0 Å². The molecule has 1 aliphatic rings. The van der Waals surface area contributed by atoms with Gasteiger partial charge in [0.2, 0.25) is 0 Å². The van der Waals surface area contributed by atoms with E-state index in [4.69, 9.17) is 11.6 Å². The Morgan fingerprint density at radius 1 is 1.19 bits per heavy atom. The molecule has 0 aliphatic heterocycles. The van der Waals surface area contributed by atoms with Crippen LogP contribution in [0.25, 0.3) is 0 Å². The summed E-state index contributed by atoms with van der Waals surface area (Å²) in [6, 6.07) is 10.9. The standard InChI is InChI=1S/C15H21Cl/c1-3-15(4-2,11-16)14-10-13(14)12-8-6-5-7-9-12/h5-9,13-14H,3-4,10-11H2,1-2H3.